The van der Waals surface area contributed by atoms with Crippen LogP contribution in [0.5, 0.6) is 0 Å². The molecule has 0 bridgehead atoms. The fourth-order valence-electron chi connectivity index (χ4n) is 2.48. The minimum Gasteiger partial charge on any atom is -0.300 e. The predicted molar refractivity (Wildman–Crippen MR) is 71.9 cm³/mol. The van der Waals surface area contributed by atoms with Crippen molar-refractivity contribution in [3.05, 3.63) is 0 Å². The summed E-state index contributed by atoms with van der Waals surface area (Å²) < 4.78 is 0.188. The molecule has 1 nitrogen and oxygen atoms in total. The van der Waals surface area contributed by atoms with Gasteiger partial charge >= 0.3 is 0 Å². The molecule has 0 spiro atoms. The Morgan fingerprint density at radius 1 is 1.33 bits per heavy atom. The Bertz CT molecular complexity index is 242. The first-order valence-electron chi connectivity index (χ1n) is 5.68. The van der Waals surface area contributed by atoms with Crippen LogP contribution in [-0.4, -0.2) is 15.4 Å². The van der Waals surface area contributed by atoms with Crippen molar-refractivity contribution >= 4 is 37.6 Å². The van der Waals surface area contributed by atoms with Crippen molar-refractivity contribution in [2.45, 2.75) is 56.7 Å². The lowest BCUT2D eigenvalue weighted by molar-refractivity contribution is -0.117. The van der Waals surface area contributed by atoms with E-state index >= 15 is 0 Å². The Morgan fingerprint density at radius 3 is 2.47 bits per heavy atom. The summed E-state index contributed by atoms with van der Waals surface area (Å²) in [6.45, 7) is 4.02. The largest absolute Gasteiger partial charge is 0.300 e. The number of carbonyl (C=O) groups excluding carboxylic acids is 1. The highest BCUT2D eigenvalue weighted by Gasteiger charge is 2.46. The minimum absolute atomic E-state index is 0.188. The van der Waals surface area contributed by atoms with E-state index in [2.05, 4.69) is 38.8 Å². The summed E-state index contributed by atoms with van der Waals surface area (Å²) in [5.74, 6) is 0.311. The van der Waals surface area contributed by atoms with Gasteiger partial charge in [0.25, 0.3) is 0 Å². The Labute approximate surface area is 110 Å². The fourth-order valence-corrected chi connectivity index (χ4v) is 4.11. The maximum atomic E-state index is 11.1. The molecule has 0 N–H and O–H groups in total. The second-order valence-corrected chi connectivity index (χ2v) is 7.15. The van der Waals surface area contributed by atoms with E-state index in [0.29, 0.717) is 5.78 Å². The SMILES string of the molecule is CC(=O)CC[C@@]1(C)CCCCC1(Br)CBr. The van der Waals surface area contributed by atoms with E-state index in [-0.39, 0.29) is 9.74 Å². The molecule has 0 amide bonds. The molecule has 0 aliphatic heterocycles. The summed E-state index contributed by atoms with van der Waals surface area (Å²) in [6, 6.07) is 0. The fraction of sp³-hybridized carbons (Fsp3) is 0.917. The number of Topliss-reactive ketones (excluding diaryl/α,β-unsaturated/α-hetero) is 1. The molecule has 1 aliphatic carbocycles. The van der Waals surface area contributed by atoms with Gasteiger partial charge in [0, 0.05) is 16.1 Å². The van der Waals surface area contributed by atoms with Gasteiger partial charge in [-0.3, -0.25) is 0 Å². The normalized spacial score (nSPS) is 36.5. The average Bonchev–Trinajstić information content (AvgIpc) is 2.20. The molecule has 1 saturated carbocycles. The number of hydrogen-bond donors (Lipinski definition) is 0. The molecule has 1 aliphatic rings. The molecule has 0 aromatic carbocycles. The van der Waals surface area contributed by atoms with Gasteiger partial charge in [-0.15, -0.1) is 0 Å². The van der Waals surface area contributed by atoms with E-state index in [4.69, 9.17) is 0 Å². The molecule has 1 unspecified atom stereocenters. The van der Waals surface area contributed by atoms with Gasteiger partial charge in [0.2, 0.25) is 0 Å². The molecule has 0 aromatic heterocycles. The first-order chi connectivity index (χ1) is 6.93. The third-order valence-corrected chi connectivity index (χ3v) is 7.22. The van der Waals surface area contributed by atoms with Gasteiger partial charge in [-0.1, -0.05) is 51.6 Å². The van der Waals surface area contributed by atoms with E-state index in [1.54, 1.807) is 6.92 Å². The Hall–Kier alpha value is 0.630. The van der Waals surface area contributed by atoms with Crippen LogP contribution in [-0.2, 0) is 4.79 Å². The van der Waals surface area contributed by atoms with Crippen molar-refractivity contribution in [3.8, 4) is 0 Å². The van der Waals surface area contributed by atoms with Gasteiger partial charge in [0.1, 0.15) is 5.78 Å². The Morgan fingerprint density at radius 2 is 1.93 bits per heavy atom. The Kier molecular flexibility index (Phi) is 4.85. The lowest BCUT2D eigenvalue weighted by atomic mass is 9.65. The maximum Gasteiger partial charge on any atom is 0.129 e. The van der Waals surface area contributed by atoms with Crippen LogP contribution in [0.1, 0.15) is 52.4 Å². The van der Waals surface area contributed by atoms with E-state index < -0.39 is 0 Å². The highest BCUT2D eigenvalue weighted by Crippen LogP contribution is 2.53. The smallest absolute Gasteiger partial charge is 0.129 e. The molecule has 0 saturated heterocycles. The summed E-state index contributed by atoms with van der Waals surface area (Å²) in [6.07, 6.45) is 6.78. The molecular formula is C12H20Br2O. The summed E-state index contributed by atoms with van der Waals surface area (Å²) >= 11 is 7.53. The van der Waals surface area contributed by atoms with E-state index in [1.807, 2.05) is 0 Å². The predicted octanol–water partition coefficient (Wildman–Crippen LogP) is 4.46. The topological polar surface area (TPSA) is 17.1 Å². The van der Waals surface area contributed by atoms with Gasteiger partial charge in [-0.2, -0.15) is 0 Å². The zero-order valence-electron chi connectivity index (χ0n) is 9.61. The summed E-state index contributed by atoms with van der Waals surface area (Å²) in [5, 5.41) is 0.981. The molecule has 1 fully saturated rings. The third kappa shape index (κ3) is 3.06. The van der Waals surface area contributed by atoms with Crippen LogP contribution in [0.4, 0.5) is 0 Å². The second-order valence-electron chi connectivity index (χ2n) is 5.07. The van der Waals surface area contributed by atoms with Gasteiger partial charge in [-0.25, -0.2) is 0 Å². The average molecular weight is 340 g/mol. The lowest BCUT2D eigenvalue weighted by Crippen LogP contribution is -2.45. The van der Waals surface area contributed by atoms with Crippen LogP contribution in [0.25, 0.3) is 0 Å². The zero-order valence-corrected chi connectivity index (χ0v) is 12.8. The minimum atomic E-state index is 0.188. The third-order valence-electron chi connectivity index (χ3n) is 3.87. The van der Waals surface area contributed by atoms with Crippen LogP contribution in [0.2, 0.25) is 0 Å². The molecule has 88 valence electrons. The van der Waals surface area contributed by atoms with Crippen molar-refractivity contribution in [2.75, 3.05) is 5.33 Å². The van der Waals surface area contributed by atoms with Crippen molar-refractivity contribution < 1.29 is 4.79 Å². The molecule has 0 heterocycles. The molecule has 2 atom stereocenters. The molecule has 3 heteroatoms. The first-order valence-corrected chi connectivity index (χ1v) is 7.59. The number of ketones is 1. The van der Waals surface area contributed by atoms with Crippen molar-refractivity contribution in [1.29, 1.82) is 0 Å². The first kappa shape index (κ1) is 13.7. The van der Waals surface area contributed by atoms with Crippen molar-refractivity contribution in [3.63, 3.8) is 0 Å². The van der Waals surface area contributed by atoms with E-state index in [1.165, 1.54) is 25.7 Å². The molecule has 0 aromatic rings. The lowest BCUT2D eigenvalue weighted by Gasteiger charge is -2.48. The highest BCUT2D eigenvalue weighted by atomic mass is 79.9. The molecular weight excluding hydrogens is 320 g/mol. The number of alkyl halides is 2. The monoisotopic (exact) mass is 338 g/mol. The van der Waals surface area contributed by atoms with Gasteiger partial charge < -0.3 is 4.79 Å². The van der Waals surface area contributed by atoms with Crippen LogP contribution in [0.15, 0.2) is 0 Å². The molecule has 0 radical (unpaired) electrons. The standard InChI is InChI=1S/C12H20Br2O/c1-10(15)5-8-11(2)6-3-4-7-12(11,14)9-13/h3-9H2,1-2H3/t11-,12?/m1/s1. The summed E-state index contributed by atoms with van der Waals surface area (Å²) in [7, 11) is 0. The van der Waals surface area contributed by atoms with Crippen LogP contribution in [0.3, 0.4) is 0 Å². The maximum absolute atomic E-state index is 11.1. The summed E-state index contributed by atoms with van der Waals surface area (Å²) in [4.78, 5) is 11.1. The van der Waals surface area contributed by atoms with Crippen LogP contribution < -0.4 is 0 Å². The zero-order chi connectivity index (χ0) is 11.5. The molecule has 1 rings (SSSR count). The number of rotatable bonds is 4. The molecule has 15 heavy (non-hydrogen) atoms. The summed E-state index contributed by atoms with van der Waals surface area (Å²) in [5.41, 5.74) is 0.264. The highest BCUT2D eigenvalue weighted by molar-refractivity contribution is 9.12. The number of carbonyl (C=O) groups is 1. The van der Waals surface area contributed by atoms with E-state index in [9.17, 15) is 4.79 Å². The van der Waals surface area contributed by atoms with Crippen LogP contribution >= 0.6 is 31.9 Å². The quantitative estimate of drug-likeness (QED) is 0.691. The number of hydrogen-bond acceptors (Lipinski definition) is 1. The van der Waals surface area contributed by atoms with Gasteiger partial charge in [0.05, 0.1) is 0 Å². The van der Waals surface area contributed by atoms with Gasteiger partial charge in [0.15, 0.2) is 0 Å². The van der Waals surface area contributed by atoms with Crippen molar-refractivity contribution in [1.82, 2.24) is 0 Å². The van der Waals surface area contributed by atoms with E-state index in [0.717, 1.165) is 18.2 Å². The number of halogens is 2. The second kappa shape index (κ2) is 5.31. The van der Waals surface area contributed by atoms with Gasteiger partial charge in [-0.05, 0) is 31.6 Å². The van der Waals surface area contributed by atoms with Crippen LogP contribution in [0, 0.1) is 5.41 Å². The Balaban J connectivity index is 2.72. The van der Waals surface area contributed by atoms with Crippen molar-refractivity contribution in [2.24, 2.45) is 5.41 Å².